The normalized spacial score (nSPS) is 12.7. The molecule has 0 radical (unpaired) electrons. The van der Waals surface area contributed by atoms with Gasteiger partial charge in [0.2, 0.25) is 0 Å². The molecule has 2 aromatic rings. The van der Waals surface area contributed by atoms with Crippen LogP contribution in [0.4, 0.5) is 0 Å². The average molecular weight is 467 g/mol. The van der Waals surface area contributed by atoms with Crippen LogP contribution >= 0.6 is 45.2 Å². The van der Waals surface area contributed by atoms with Crippen molar-refractivity contribution < 1.29 is 0 Å². The van der Waals surface area contributed by atoms with Gasteiger partial charge in [-0.3, -0.25) is 4.57 Å². The Morgan fingerprint density at radius 3 is 2.61 bits per heavy atom. The van der Waals surface area contributed by atoms with E-state index < -0.39 is 0 Å². The van der Waals surface area contributed by atoms with Crippen LogP contribution in [0.5, 0.6) is 0 Å². The van der Waals surface area contributed by atoms with Crippen LogP contribution in [-0.4, -0.2) is 15.6 Å². The van der Waals surface area contributed by atoms with Gasteiger partial charge in [0.25, 0.3) is 0 Å². The summed E-state index contributed by atoms with van der Waals surface area (Å²) in [6, 6.07) is 6.68. The molecule has 18 heavy (non-hydrogen) atoms. The Bertz CT molecular complexity index is 561. The highest BCUT2D eigenvalue weighted by molar-refractivity contribution is 14.1. The SMILES string of the molecule is Cc1cc(-n2cnc(I)c2I)ccc1CC(C)N. The summed E-state index contributed by atoms with van der Waals surface area (Å²) in [4.78, 5) is 4.32. The summed E-state index contributed by atoms with van der Waals surface area (Å²) >= 11 is 4.56. The molecular formula is C13H15I2N3. The van der Waals surface area contributed by atoms with E-state index in [1.165, 1.54) is 11.1 Å². The molecule has 0 aliphatic rings. The van der Waals surface area contributed by atoms with Crippen LogP contribution in [0.1, 0.15) is 18.1 Å². The maximum atomic E-state index is 5.85. The highest BCUT2D eigenvalue weighted by atomic mass is 127. The molecule has 1 heterocycles. The summed E-state index contributed by atoms with van der Waals surface area (Å²) < 4.78 is 4.28. The number of hydrogen-bond donors (Lipinski definition) is 1. The Morgan fingerprint density at radius 1 is 1.39 bits per heavy atom. The van der Waals surface area contributed by atoms with Crippen molar-refractivity contribution in [3.63, 3.8) is 0 Å². The van der Waals surface area contributed by atoms with Crippen LogP contribution < -0.4 is 5.73 Å². The summed E-state index contributed by atoms with van der Waals surface area (Å²) in [5.74, 6) is 0. The van der Waals surface area contributed by atoms with Crippen LogP contribution in [0.15, 0.2) is 24.5 Å². The zero-order chi connectivity index (χ0) is 13.3. The number of benzene rings is 1. The van der Waals surface area contributed by atoms with Gasteiger partial charge in [0, 0.05) is 11.7 Å². The minimum absolute atomic E-state index is 0.198. The fraction of sp³-hybridized carbons (Fsp3) is 0.308. The van der Waals surface area contributed by atoms with E-state index in [1.807, 2.05) is 13.3 Å². The second kappa shape index (κ2) is 5.87. The molecule has 1 atom stereocenters. The maximum Gasteiger partial charge on any atom is 0.133 e. The number of nitrogens with zero attached hydrogens (tertiary/aromatic N) is 2. The third-order valence-electron chi connectivity index (χ3n) is 2.81. The Balaban J connectivity index is 2.37. The lowest BCUT2D eigenvalue weighted by atomic mass is 10.0. The van der Waals surface area contributed by atoms with Crippen molar-refractivity contribution in [1.29, 1.82) is 0 Å². The lowest BCUT2D eigenvalue weighted by Gasteiger charge is -2.11. The molecular weight excluding hydrogens is 452 g/mol. The monoisotopic (exact) mass is 467 g/mol. The predicted molar refractivity (Wildman–Crippen MR) is 91.1 cm³/mol. The number of rotatable bonds is 3. The number of aromatic nitrogens is 2. The summed E-state index contributed by atoms with van der Waals surface area (Å²) in [7, 11) is 0. The van der Waals surface area contributed by atoms with E-state index in [0.717, 1.165) is 19.5 Å². The van der Waals surface area contributed by atoms with Crippen LogP contribution in [0.2, 0.25) is 0 Å². The first-order chi connectivity index (χ1) is 8.49. The van der Waals surface area contributed by atoms with Crippen molar-refractivity contribution in [1.82, 2.24) is 9.55 Å². The zero-order valence-electron chi connectivity index (χ0n) is 10.3. The van der Waals surface area contributed by atoms with E-state index in [0.29, 0.717) is 0 Å². The van der Waals surface area contributed by atoms with Crippen LogP contribution in [0.3, 0.4) is 0 Å². The first-order valence-corrected chi connectivity index (χ1v) is 7.88. The van der Waals surface area contributed by atoms with Gasteiger partial charge in [-0.1, -0.05) is 6.07 Å². The molecule has 5 heteroatoms. The van der Waals surface area contributed by atoms with Crippen molar-refractivity contribution in [2.45, 2.75) is 26.3 Å². The third-order valence-corrected chi connectivity index (χ3v) is 5.67. The van der Waals surface area contributed by atoms with Gasteiger partial charge in [-0.25, -0.2) is 4.98 Å². The second-order valence-electron chi connectivity index (χ2n) is 4.49. The third kappa shape index (κ3) is 3.05. The van der Waals surface area contributed by atoms with Crippen LogP contribution in [-0.2, 0) is 6.42 Å². The molecule has 0 saturated heterocycles. The van der Waals surface area contributed by atoms with Gasteiger partial charge in [0.1, 0.15) is 13.7 Å². The highest BCUT2D eigenvalue weighted by Gasteiger charge is 2.09. The van der Waals surface area contributed by atoms with Crippen molar-refractivity contribution in [3.8, 4) is 5.69 Å². The van der Waals surface area contributed by atoms with Crippen LogP contribution in [0.25, 0.3) is 5.69 Å². The van der Waals surface area contributed by atoms with E-state index in [2.05, 4.69) is 79.9 Å². The van der Waals surface area contributed by atoms with Gasteiger partial charge < -0.3 is 5.73 Å². The molecule has 0 saturated carbocycles. The van der Waals surface area contributed by atoms with Crippen molar-refractivity contribution in [2.24, 2.45) is 5.73 Å². The first-order valence-electron chi connectivity index (χ1n) is 5.73. The lowest BCUT2D eigenvalue weighted by molar-refractivity contribution is 0.734. The Labute approximate surface area is 134 Å². The largest absolute Gasteiger partial charge is 0.328 e. The Morgan fingerprint density at radius 2 is 2.11 bits per heavy atom. The van der Waals surface area contributed by atoms with E-state index >= 15 is 0 Å². The van der Waals surface area contributed by atoms with E-state index in [1.54, 1.807) is 0 Å². The molecule has 0 aliphatic carbocycles. The number of aryl methyl sites for hydroxylation is 1. The van der Waals surface area contributed by atoms with E-state index in [-0.39, 0.29) is 6.04 Å². The first kappa shape index (κ1) is 14.3. The molecule has 1 aromatic heterocycles. The van der Waals surface area contributed by atoms with Gasteiger partial charge >= 0.3 is 0 Å². The van der Waals surface area contributed by atoms with Gasteiger partial charge in [0.15, 0.2) is 0 Å². The molecule has 96 valence electrons. The van der Waals surface area contributed by atoms with Gasteiger partial charge in [-0.05, 0) is 88.7 Å². The fourth-order valence-corrected chi connectivity index (χ4v) is 2.82. The van der Waals surface area contributed by atoms with E-state index in [4.69, 9.17) is 5.73 Å². The summed E-state index contributed by atoms with van der Waals surface area (Å²) in [5, 5.41) is 0. The van der Waals surface area contributed by atoms with Crippen LogP contribution in [0, 0.1) is 14.3 Å². The second-order valence-corrected chi connectivity index (χ2v) is 6.53. The average Bonchev–Trinajstić information content (AvgIpc) is 2.62. The smallest absolute Gasteiger partial charge is 0.133 e. The van der Waals surface area contributed by atoms with Crippen molar-refractivity contribution in [3.05, 3.63) is 43.1 Å². The van der Waals surface area contributed by atoms with Gasteiger partial charge in [-0.2, -0.15) is 0 Å². The van der Waals surface area contributed by atoms with Gasteiger partial charge in [-0.15, -0.1) is 0 Å². The van der Waals surface area contributed by atoms with E-state index in [9.17, 15) is 0 Å². The molecule has 3 nitrogen and oxygen atoms in total. The zero-order valence-corrected chi connectivity index (χ0v) is 14.6. The topological polar surface area (TPSA) is 43.8 Å². The number of halogens is 2. The fourth-order valence-electron chi connectivity index (χ4n) is 1.90. The summed E-state index contributed by atoms with van der Waals surface area (Å²) in [6.07, 6.45) is 2.79. The Kier molecular flexibility index (Phi) is 4.65. The lowest BCUT2D eigenvalue weighted by Crippen LogP contribution is -2.18. The molecule has 2 rings (SSSR count). The molecule has 1 aromatic carbocycles. The maximum absolute atomic E-state index is 5.85. The van der Waals surface area contributed by atoms with Crippen molar-refractivity contribution in [2.75, 3.05) is 0 Å². The quantitative estimate of drug-likeness (QED) is 0.705. The molecule has 0 amide bonds. The summed E-state index contributed by atoms with van der Waals surface area (Å²) in [5.41, 5.74) is 9.61. The number of nitrogens with two attached hydrogens (primary N) is 1. The summed E-state index contributed by atoms with van der Waals surface area (Å²) in [6.45, 7) is 4.17. The molecule has 2 N–H and O–H groups in total. The van der Waals surface area contributed by atoms with Crippen molar-refractivity contribution >= 4 is 45.2 Å². The molecule has 0 aliphatic heterocycles. The number of hydrogen-bond acceptors (Lipinski definition) is 2. The minimum atomic E-state index is 0.198. The predicted octanol–water partition coefficient (Wildman–Crippen LogP) is 3.28. The molecule has 0 fully saturated rings. The van der Waals surface area contributed by atoms with Gasteiger partial charge in [0.05, 0.1) is 0 Å². The Hall–Kier alpha value is -0.150. The molecule has 1 unspecified atom stereocenters. The molecule has 0 spiro atoms. The number of imidazole rings is 1. The molecule has 0 bridgehead atoms. The minimum Gasteiger partial charge on any atom is -0.328 e. The standard InChI is InChI=1S/C13H15I2N3/c1-8-5-11(4-3-10(8)6-9(2)16)18-7-17-12(14)13(18)15/h3-5,7,9H,6,16H2,1-2H3. The highest BCUT2D eigenvalue weighted by Crippen LogP contribution is 2.21.